The van der Waals surface area contributed by atoms with Gasteiger partial charge in [-0.3, -0.25) is 19.2 Å². The Bertz CT molecular complexity index is 480. The van der Waals surface area contributed by atoms with Gasteiger partial charge in [-0.05, 0) is 12.8 Å². The van der Waals surface area contributed by atoms with Gasteiger partial charge in [-0.1, -0.05) is 0 Å². The number of carboxylic acids is 2. The molecule has 0 rings (SSSR count). The van der Waals surface area contributed by atoms with Crippen molar-refractivity contribution in [3.8, 4) is 0 Å². The molecule has 8 N–H and O–H groups in total. The van der Waals surface area contributed by atoms with Crippen LogP contribution in [0.2, 0.25) is 0 Å². The second-order valence-electron chi connectivity index (χ2n) is 4.66. The lowest BCUT2D eigenvalue weighted by Gasteiger charge is -2.20. The average molecular weight is 332 g/mol. The highest BCUT2D eigenvalue weighted by Crippen LogP contribution is 2.02. The normalized spacial score (nSPS) is 12.7. The van der Waals surface area contributed by atoms with Crippen LogP contribution in [-0.2, 0) is 24.0 Å². The van der Waals surface area contributed by atoms with Crippen molar-refractivity contribution in [3.05, 3.63) is 0 Å². The van der Waals surface area contributed by atoms with E-state index in [4.69, 9.17) is 21.7 Å². The van der Waals surface area contributed by atoms with Gasteiger partial charge in [-0.15, -0.1) is 0 Å². The summed E-state index contributed by atoms with van der Waals surface area (Å²) in [6.45, 7) is -0.401. The topological polar surface area (TPSA) is 202 Å². The number of carbonyl (C=O) groups is 5. The van der Waals surface area contributed by atoms with Crippen LogP contribution in [0.3, 0.4) is 0 Å². The Hall–Kier alpha value is -2.69. The van der Waals surface area contributed by atoms with Gasteiger partial charge in [0.15, 0.2) is 0 Å². The molecule has 0 spiro atoms. The van der Waals surface area contributed by atoms with E-state index >= 15 is 0 Å². The summed E-state index contributed by atoms with van der Waals surface area (Å²) >= 11 is 0. The first-order chi connectivity index (χ1) is 10.7. The Labute approximate surface area is 131 Å². The number of hydrogen-bond acceptors (Lipinski definition) is 6. The Morgan fingerprint density at radius 1 is 0.913 bits per heavy atom. The highest BCUT2D eigenvalue weighted by atomic mass is 16.4. The van der Waals surface area contributed by atoms with Crippen LogP contribution in [-0.4, -0.2) is 58.5 Å². The largest absolute Gasteiger partial charge is 0.481 e. The number of amides is 3. The molecule has 11 nitrogen and oxygen atoms in total. The van der Waals surface area contributed by atoms with Gasteiger partial charge < -0.3 is 32.3 Å². The summed E-state index contributed by atoms with van der Waals surface area (Å²) in [5, 5.41) is 21.9. The van der Waals surface area contributed by atoms with Crippen LogP contribution in [0.15, 0.2) is 0 Å². The number of primary amides is 1. The van der Waals surface area contributed by atoms with E-state index in [0.717, 1.165) is 0 Å². The Balaban J connectivity index is 4.86. The van der Waals surface area contributed by atoms with E-state index in [1.165, 1.54) is 0 Å². The van der Waals surface area contributed by atoms with Crippen LogP contribution in [0.1, 0.15) is 25.7 Å². The molecular weight excluding hydrogens is 312 g/mol. The number of nitrogens with two attached hydrogens (primary N) is 2. The molecule has 23 heavy (non-hydrogen) atoms. The predicted molar refractivity (Wildman–Crippen MR) is 75.8 cm³/mol. The van der Waals surface area contributed by atoms with Gasteiger partial charge in [0.25, 0.3) is 0 Å². The van der Waals surface area contributed by atoms with Crippen molar-refractivity contribution in [1.29, 1.82) is 0 Å². The molecule has 11 heteroatoms. The standard InChI is InChI=1S/C12H20N4O7/c13-5-9(18)15-6(1-3-8(14)17)11(21)16-7(12(22)23)2-4-10(19)20/h6-7H,1-5,13H2,(H2,14,17)(H,15,18)(H,16,21)(H,19,20)(H,22,23)/t6-,7-/m0/s1. The van der Waals surface area contributed by atoms with Crippen molar-refractivity contribution in [2.24, 2.45) is 11.5 Å². The van der Waals surface area contributed by atoms with E-state index in [1.807, 2.05) is 0 Å². The lowest BCUT2D eigenvalue weighted by molar-refractivity contribution is -0.143. The summed E-state index contributed by atoms with van der Waals surface area (Å²) in [6, 6.07) is -2.64. The maximum Gasteiger partial charge on any atom is 0.326 e. The maximum atomic E-state index is 12.0. The molecule has 0 bridgehead atoms. The second-order valence-corrected chi connectivity index (χ2v) is 4.66. The van der Waals surface area contributed by atoms with Crippen LogP contribution in [0, 0.1) is 0 Å². The SMILES string of the molecule is NCC(=O)N[C@@H](CCC(N)=O)C(=O)N[C@@H](CCC(=O)O)C(=O)O. The van der Waals surface area contributed by atoms with E-state index in [0.29, 0.717) is 0 Å². The zero-order valence-electron chi connectivity index (χ0n) is 12.3. The van der Waals surface area contributed by atoms with Crippen LogP contribution in [0.25, 0.3) is 0 Å². The third-order valence-corrected chi connectivity index (χ3v) is 2.78. The molecule has 2 atom stereocenters. The quantitative estimate of drug-likeness (QED) is 0.231. The minimum Gasteiger partial charge on any atom is -0.481 e. The third kappa shape index (κ3) is 9.03. The summed E-state index contributed by atoms with van der Waals surface area (Å²) in [4.78, 5) is 55.6. The minimum absolute atomic E-state index is 0.141. The molecule has 0 aromatic heterocycles. The molecule has 0 radical (unpaired) electrons. The highest BCUT2D eigenvalue weighted by molar-refractivity contribution is 5.91. The number of nitrogens with one attached hydrogen (secondary N) is 2. The number of carboxylic acid groups (broad SMARTS) is 2. The average Bonchev–Trinajstić information content (AvgIpc) is 2.46. The number of carbonyl (C=O) groups excluding carboxylic acids is 3. The Morgan fingerprint density at radius 2 is 1.48 bits per heavy atom. The van der Waals surface area contributed by atoms with Crippen molar-refractivity contribution in [1.82, 2.24) is 10.6 Å². The summed E-state index contributed by atoms with van der Waals surface area (Å²) in [7, 11) is 0. The smallest absolute Gasteiger partial charge is 0.326 e. The Morgan fingerprint density at radius 3 is 1.91 bits per heavy atom. The first-order valence-electron chi connectivity index (χ1n) is 6.70. The molecule has 0 aromatic carbocycles. The summed E-state index contributed by atoms with van der Waals surface area (Å²) in [6.07, 6.45) is -1.14. The molecule has 0 saturated heterocycles. The van der Waals surface area contributed by atoms with E-state index in [-0.39, 0.29) is 19.3 Å². The number of aliphatic carboxylic acids is 2. The van der Waals surface area contributed by atoms with Gasteiger partial charge in [0.1, 0.15) is 12.1 Å². The molecule has 0 aromatic rings. The molecule has 130 valence electrons. The summed E-state index contributed by atoms with van der Waals surface area (Å²) in [5.74, 6) is -4.88. The van der Waals surface area contributed by atoms with Crippen LogP contribution < -0.4 is 22.1 Å². The van der Waals surface area contributed by atoms with Crippen molar-refractivity contribution in [2.45, 2.75) is 37.8 Å². The Kier molecular flexibility index (Phi) is 8.92. The van der Waals surface area contributed by atoms with Crippen LogP contribution >= 0.6 is 0 Å². The predicted octanol–water partition coefficient (Wildman–Crippen LogP) is -2.87. The van der Waals surface area contributed by atoms with Crippen molar-refractivity contribution in [2.75, 3.05) is 6.54 Å². The zero-order valence-corrected chi connectivity index (χ0v) is 12.3. The third-order valence-electron chi connectivity index (χ3n) is 2.78. The van der Waals surface area contributed by atoms with E-state index in [2.05, 4.69) is 10.6 Å². The molecule has 0 saturated carbocycles. The van der Waals surface area contributed by atoms with Crippen molar-refractivity contribution in [3.63, 3.8) is 0 Å². The van der Waals surface area contributed by atoms with Gasteiger partial charge in [0.05, 0.1) is 6.54 Å². The van der Waals surface area contributed by atoms with Gasteiger partial charge in [-0.2, -0.15) is 0 Å². The van der Waals surface area contributed by atoms with E-state index in [9.17, 15) is 24.0 Å². The molecule has 0 aliphatic rings. The van der Waals surface area contributed by atoms with Crippen LogP contribution in [0.5, 0.6) is 0 Å². The monoisotopic (exact) mass is 332 g/mol. The van der Waals surface area contributed by atoms with Crippen LogP contribution in [0.4, 0.5) is 0 Å². The first kappa shape index (κ1) is 20.3. The van der Waals surface area contributed by atoms with Gasteiger partial charge in [0, 0.05) is 12.8 Å². The fraction of sp³-hybridized carbons (Fsp3) is 0.583. The maximum absolute atomic E-state index is 12.0. The van der Waals surface area contributed by atoms with Gasteiger partial charge >= 0.3 is 11.9 Å². The zero-order chi connectivity index (χ0) is 18.0. The molecule has 0 aliphatic heterocycles. The van der Waals surface area contributed by atoms with Gasteiger partial charge in [0.2, 0.25) is 17.7 Å². The summed E-state index contributed by atoms with van der Waals surface area (Å²) < 4.78 is 0. The fourth-order valence-electron chi connectivity index (χ4n) is 1.61. The van der Waals surface area contributed by atoms with Gasteiger partial charge in [-0.25, -0.2) is 4.79 Å². The first-order valence-corrected chi connectivity index (χ1v) is 6.70. The highest BCUT2D eigenvalue weighted by Gasteiger charge is 2.26. The van der Waals surface area contributed by atoms with E-state index < -0.39 is 54.7 Å². The van der Waals surface area contributed by atoms with Crippen molar-refractivity contribution >= 4 is 29.7 Å². The minimum atomic E-state index is -1.44. The number of hydrogen-bond donors (Lipinski definition) is 6. The summed E-state index contributed by atoms with van der Waals surface area (Å²) in [5.41, 5.74) is 10.1. The second kappa shape index (κ2) is 10.1. The molecular formula is C12H20N4O7. The fourth-order valence-corrected chi connectivity index (χ4v) is 1.61. The molecule has 0 fully saturated rings. The lowest BCUT2D eigenvalue weighted by Crippen LogP contribution is -2.52. The lowest BCUT2D eigenvalue weighted by atomic mass is 10.1. The molecule has 0 aliphatic carbocycles. The molecule has 0 heterocycles. The molecule has 0 unspecified atom stereocenters. The molecule has 3 amide bonds. The number of rotatable bonds is 11. The van der Waals surface area contributed by atoms with Crippen molar-refractivity contribution < 1.29 is 34.2 Å². The van der Waals surface area contributed by atoms with E-state index in [1.54, 1.807) is 0 Å².